The van der Waals surface area contributed by atoms with Crippen molar-refractivity contribution >= 4 is 11.3 Å². The summed E-state index contributed by atoms with van der Waals surface area (Å²) >= 11 is 1.51. The Labute approximate surface area is 122 Å². The van der Waals surface area contributed by atoms with Crippen LogP contribution in [0.3, 0.4) is 0 Å². The standard InChI is InChI=1S/C17H16N2S/c1-12-8-9-13(2)15(10-12)19-11-16(20-17(19)18)14-6-4-3-5-7-14/h3-11,18H,1-2H3. The van der Waals surface area contributed by atoms with Crippen molar-refractivity contribution in [2.24, 2.45) is 0 Å². The Hall–Kier alpha value is -2.13. The minimum atomic E-state index is 0.553. The molecule has 2 nitrogen and oxygen atoms in total. The van der Waals surface area contributed by atoms with E-state index in [0.717, 1.165) is 16.1 Å². The smallest absolute Gasteiger partial charge is 0.187 e. The number of hydrogen-bond acceptors (Lipinski definition) is 2. The summed E-state index contributed by atoms with van der Waals surface area (Å²) in [5.74, 6) is 0. The maximum Gasteiger partial charge on any atom is 0.187 e. The zero-order valence-corrected chi connectivity index (χ0v) is 12.4. The molecule has 0 saturated carbocycles. The van der Waals surface area contributed by atoms with Crippen molar-refractivity contribution < 1.29 is 0 Å². The Morgan fingerprint density at radius 1 is 1.00 bits per heavy atom. The normalized spacial score (nSPS) is 10.7. The van der Waals surface area contributed by atoms with Gasteiger partial charge in [0.1, 0.15) is 0 Å². The molecule has 1 aromatic heterocycles. The summed E-state index contributed by atoms with van der Waals surface area (Å²) in [6.45, 7) is 4.17. The maximum atomic E-state index is 8.23. The monoisotopic (exact) mass is 280 g/mol. The van der Waals surface area contributed by atoms with E-state index in [-0.39, 0.29) is 0 Å². The van der Waals surface area contributed by atoms with Crippen LogP contribution in [0, 0.1) is 19.3 Å². The molecule has 0 aliphatic heterocycles. The van der Waals surface area contributed by atoms with Crippen LogP contribution in [-0.4, -0.2) is 4.57 Å². The summed E-state index contributed by atoms with van der Waals surface area (Å²) in [5.41, 5.74) is 4.65. The van der Waals surface area contributed by atoms with Gasteiger partial charge in [-0.25, -0.2) is 0 Å². The molecule has 0 aliphatic carbocycles. The van der Waals surface area contributed by atoms with Gasteiger partial charge in [0.05, 0.1) is 10.6 Å². The number of rotatable bonds is 2. The molecule has 20 heavy (non-hydrogen) atoms. The molecule has 0 atom stereocenters. The topological polar surface area (TPSA) is 28.8 Å². The molecule has 0 unspecified atom stereocenters. The van der Waals surface area contributed by atoms with Crippen molar-refractivity contribution in [3.8, 4) is 16.1 Å². The summed E-state index contributed by atoms with van der Waals surface area (Å²) in [5, 5.41) is 8.23. The van der Waals surface area contributed by atoms with Gasteiger partial charge in [0.15, 0.2) is 4.80 Å². The summed E-state index contributed by atoms with van der Waals surface area (Å²) in [4.78, 5) is 1.68. The number of nitrogens with one attached hydrogen (secondary N) is 1. The van der Waals surface area contributed by atoms with Crippen LogP contribution in [0.15, 0.2) is 54.7 Å². The minimum Gasteiger partial charge on any atom is -0.292 e. The molecule has 0 bridgehead atoms. The third-order valence-electron chi connectivity index (χ3n) is 3.35. The Morgan fingerprint density at radius 3 is 2.50 bits per heavy atom. The number of thiazole rings is 1. The number of aryl methyl sites for hydroxylation is 2. The molecule has 0 aliphatic rings. The van der Waals surface area contributed by atoms with Gasteiger partial charge in [-0.2, -0.15) is 0 Å². The third kappa shape index (κ3) is 2.32. The van der Waals surface area contributed by atoms with Gasteiger partial charge in [-0.1, -0.05) is 53.8 Å². The van der Waals surface area contributed by atoms with Crippen molar-refractivity contribution in [3.63, 3.8) is 0 Å². The molecule has 1 N–H and O–H groups in total. The first-order valence-corrected chi connectivity index (χ1v) is 7.37. The van der Waals surface area contributed by atoms with E-state index < -0.39 is 0 Å². The van der Waals surface area contributed by atoms with Gasteiger partial charge < -0.3 is 0 Å². The lowest BCUT2D eigenvalue weighted by Crippen LogP contribution is -2.10. The SMILES string of the molecule is Cc1ccc(C)c(-n2cc(-c3ccccc3)sc2=N)c1. The first kappa shape index (κ1) is 12.9. The van der Waals surface area contributed by atoms with Crippen molar-refractivity contribution in [1.29, 1.82) is 5.41 Å². The van der Waals surface area contributed by atoms with E-state index in [1.54, 1.807) is 0 Å². The van der Waals surface area contributed by atoms with Gasteiger partial charge in [0.2, 0.25) is 0 Å². The van der Waals surface area contributed by atoms with Crippen LogP contribution in [0.2, 0.25) is 0 Å². The maximum absolute atomic E-state index is 8.23. The second-order valence-corrected chi connectivity index (χ2v) is 5.96. The Kier molecular flexibility index (Phi) is 3.28. The van der Waals surface area contributed by atoms with Crippen molar-refractivity contribution in [2.75, 3.05) is 0 Å². The van der Waals surface area contributed by atoms with E-state index in [0.29, 0.717) is 4.80 Å². The minimum absolute atomic E-state index is 0.553. The highest BCUT2D eigenvalue weighted by atomic mass is 32.1. The van der Waals surface area contributed by atoms with Crippen molar-refractivity contribution in [3.05, 3.63) is 70.7 Å². The summed E-state index contributed by atoms with van der Waals surface area (Å²) in [6.07, 6.45) is 2.06. The molecule has 0 amide bonds. The second-order valence-electron chi connectivity index (χ2n) is 4.93. The van der Waals surface area contributed by atoms with Crippen LogP contribution in [-0.2, 0) is 0 Å². The first-order chi connectivity index (χ1) is 9.65. The highest BCUT2D eigenvalue weighted by Crippen LogP contribution is 2.24. The lowest BCUT2D eigenvalue weighted by Gasteiger charge is -2.07. The molecule has 100 valence electrons. The van der Waals surface area contributed by atoms with Gasteiger partial charge in [-0.05, 0) is 36.6 Å². The molecule has 0 fully saturated rings. The molecular formula is C17H16N2S. The van der Waals surface area contributed by atoms with Gasteiger partial charge in [-0.3, -0.25) is 9.98 Å². The van der Waals surface area contributed by atoms with Crippen LogP contribution in [0.25, 0.3) is 16.1 Å². The van der Waals surface area contributed by atoms with Gasteiger partial charge in [-0.15, -0.1) is 0 Å². The van der Waals surface area contributed by atoms with E-state index >= 15 is 0 Å². The van der Waals surface area contributed by atoms with Crippen LogP contribution in [0.4, 0.5) is 0 Å². The van der Waals surface area contributed by atoms with E-state index in [1.165, 1.54) is 22.5 Å². The number of aromatic nitrogens is 1. The predicted molar refractivity (Wildman–Crippen MR) is 84.4 cm³/mol. The van der Waals surface area contributed by atoms with E-state index in [2.05, 4.69) is 50.4 Å². The zero-order valence-electron chi connectivity index (χ0n) is 11.6. The predicted octanol–water partition coefficient (Wildman–Crippen LogP) is 4.30. The Morgan fingerprint density at radius 2 is 1.75 bits per heavy atom. The number of nitrogens with zero attached hydrogens (tertiary/aromatic N) is 1. The van der Waals surface area contributed by atoms with E-state index in [9.17, 15) is 0 Å². The first-order valence-electron chi connectivity index (χ1n) is 6.55. The van der Waals surface area contributed by atoms with Gasteiger partial charge in [0, 0.05) is 6.20 Å². The summed E-state index contributed by atoms with van der Waals surface area (Å²) in [6, 6.07) is 16.6. The molecular weight excluding hydrogens is 264 g/mol. The van der Waals surface area contributed by atoms with E-state index in [1.807, 2.05) is 22.8 Å². The van der Waals surface area contributed by atoms with Crippen LogP contribution >= 0.6 is 11.3 Å². The highest BCUT2D eigenvalue weighted by Gasteiger charge is 2.08. The fourth-order valence-electron chi connectivity index (χ4n) is 2.25. The van der Waals surface area contributed by atoms with Crippen molar-refractivity contribution in [1.82, 2.24) is 4.57 Å². The lowest BCUT2D eigenvalue weighted by molar-refractivity contribution is 0.966. The molecule has 3 heteroatoms. The quantitative estimate of drug-likeness (QED) is 0.725. The van der Waals surface area contributed by atoms with E-state index in [4.69, 9.17) is 5.41 Å². The number of hydrogen-bond donors (Lipinski definition) is 1. The molecule has 2 aromatic carbocycles. The Balaban J connectivity index is 2.15. The molecule has 3 aromatic rings. The fourth-order valence-corrected chi connectivity index (χ4v) is 3.12. The van der Waals surface area contributed by atoms with Crippen LogP contribution < -0.4 is 4.80 Å². The average Bonchev–Trinajstić information content (AvgIpc) is 2.84. The Bertz CT molecular complexity index is 797. The summed E-state index contributed by atoms with van der Waals surface area (Å²) < 4.78 is 1.97. The third-order valence-corrected chi connectivity index (χ3v) is 4.31. The molecule has 0 radical (unpaired) electrons. The fraction of sp³-hybridized carbons (Fsp3) is 0.118. The largest absolute Gasteiger partial charge is 0.292 e. The second kappa shape index (κ2) is 5.10. The van der Waals surface area contributed by atoms with Crippen molar-refractivity contribution in [2.45, 2.75) is 13.8 Å². The van der Waals surface area contributed by atoms with Crippen LogP contribution in [0.1, 0.15) is 11.1 Å². The zero-order chi connectivity index (χ0) is 14.1. The molecule has 0 spiro atoms. The molecule has 0 saturated heterocycles. The number of benzene rings is 2. The lowest BCUT2D eigenvalue weighted by atomic mass is 10.1. The molecule has 1 heterocycles. The average molecular weight is 280 g/mol. The van der Waals surface area contributed by atoms with Crippen LogP contribution in [0.5, 0.6) is 0 Å². The van der Waals surface area contributed by atoms with Gasteiger partial charge in [0.25, 0.3) is 0 Å². The highest BCUT2D eigenvalue weighted by molar-refractivity contribution is 7.12. The van der Waals surface area contributed by atoms with Gasteiger partial charge >= 0.3 is 0 Å². The molecule has 3 rings (SSSR count). The summed E-state index contributed by atoms with van der Waals surface area (Å²) in [7, 11) is 0.